The molecular formula is C14H23N3O3S. The maximum Gasteiger partial charge on any atom is 0.355 e. The number of nitrogens with zero attached hydrogens (tertiary/aromatic N) is 3. The van der Waals surface area contributed by atoms with Crippen LogP contribution in [0.1, 0.15) is 47.5 Å². The summed E-state index contributed by atoms with van der Waals surface area (Å²) >= 11 is 1.08. The van der Waals surface area contributed by atoms with Crippen LogP contribution in [0.2, 0.25) is 0 Å². The highest BCUT2D eigenvalue weighted by molar-refractivity contribution is 7.11. The van der Waals surface area contributed by atoms with E-state index in [1.165, 1.54) is 5.38 Å². The van der Waals surface area contributed by atoms with Gasteiger partial charge in [-0.1, -0.05) is 13.8 Å². The average Bonchev–Trinajstić information content (AvgIpc) is 2.97. The first kappa shape index (κ1) is 17.6. The van der Waals surface area contributed by atoms with Crippen LogP contribution in [0, 0.1) is 0 Å². The van der Waals surface area contributed by atoms with Gasteiger partial charge in [-0.3, -0.25) is 4.79 Å². The minimum absolute atomic E-state index is 0.0671. The van der Waals surface area contributed by atoms with E-state index in [0.717, 1.165) is 37.4 Å². The maximum absolute atomic E-state index is 12.3. The van der Waals surface area contributed by atoms with Gasteiger partial charge in [0.2, 0.25) is 0 Å². The third kappa shape index (κ3) is 5.09. The topological polar surface area (TPSA) is 73.7 Å². The normalized spacial score (nSPS) is 10.9. The van der Waals surface area contributed by atoms with Crippen LogP contribution in [0.3, 0.4) is 0 Å². The Balaban J connectivity index is 2.58. The summed E-state index contributed by atoms with van der Waals surface area (Å²) in [6, 6.07) is 0. The lowest BCUT2D eigenvalue weighted by Crippen LogP contribution is -2.34. The van der Waals surface area contributed by atoms with Gasteiger partial charge in [0.25, 0.3) is 5.91 Å². The number of carboxylic acid groups (broad SMARTS) is 1. The molecule has 1 N–H and O–H groups in total. The number of thiazole rings is 1. The minimum atomic E-state index is -1.10. The molecule has 0 fully saturated rings. The number of carboxylic acids is 1. The summed E-state index contributed by atoms with van der Waals surface area (Å²) in [4.78, 5) is 31.0. The van der Waals surface area contributed by atoms with Crippen molar-refractivity contribution in [3.8, 4) is 0 Å². The molecule has 6 nitrogen and oxygen atoms in total. The highest BCUT2D eigenvalue weighted by Gasteiger charge is 2.19. The van der Waals surface area contributed by atoms with Gasteiger partial charge in [-0.25, -0.2) is 9.78 Å². The standard InChI is InChI=1S/C14H23N3O3S/c1-4-16(5-2)8-7-9-17(6-3)13(18)12-15-11(10-21-12)14(19)20/h10H,4-9H2,1-3H3,(H,19,20). The molecule has 1 heterocycles. The molecule has 1 aromatic heterocycles. The van der Waals surface area contributed by atoms with Crippen molar-refractivity contribution in [1.82, 2.24) is 14.8 Å². The van der Waals surface area contributed by atoms with Gasteiger partial charge < -0.3 is 14.9 Å². The maximum atomic E-state index is 12.3. The van der Waals surface area contributed by atoms with Crippen LogP contribution in [0.5, 0.6) is 0 Å². The minimum Gasteiger partial charge on any atom is -0.476 e. The molecule has 0 aliphatic heterocycles. The number of rotatable bonds is 9. The van der Waals surface area contributed by atoms with Crippen molar-refractivity contribution < 1.29 is 14.7 Å². The van der Waals surface area contributed by atoms with E-state index in [0.29, 0.717) is 13.1 Å². The third-order valence-corrected chi connectivity index (χ3v) is 4.20. The summed E-state index contributed by atoms with van der Waals surface area (Å²) in [7, 11) is 0. The van der Waals surface area contributed by atoms with Gasteiger partial charge >= 0.3 is 5.97 Å². The molecule has 1 aromatic rings. The lowest BCUT2D eigenvalue weighted by molar-refractivity contribution is 0.0691. The van der Waals surface area contributed by atoms with Crippen molar-refractivity contribution in [3.63, 3.8) is 0 Å². The summed E-state index contributed by atoms with van der Waals surface area (Å²) in [6.07, 6.45) is 0.901. The number of carbonyl (C=O) groups is 2. The Morgan fingerprint density at radius 3 is 2.33 bits per heavy atom. The van der Waals surface area contributed by atoms with Crippen LogP contribution >= 0.6 is 11.3 Å². The Hall–Kier alpha value is -1.47. The molecule has 0 bridgehead atoms. The van der Waals surface area contributed by atoms with E-state index in [-0.39, 0.29) is 16.6 Å². The molecular weight excluding hydrogens is 290 g/mol. The Kier molecular flexibility index (Phi) is 7.31. The zero-order valence-electron chi connectivity index (χ0n) is 12.8. The van der Waals surface area contributed by atoms with Crippen molar-refractivity contribution in [3.05, 3.63) is 16.1 Å². The van der Waals surface area contributed by atoms with Gasteiger partial charge in [-0.15, -0.1) is 11.3 Å². The van der Waals surface area contributed by atoms with E-state index in [1.807, 2.05) is 6.92 Å². The average molecular weight is 313 g/mol. The Labute approximate surface area is 129 Å². The second kappa shape index (κ2) is 8.74. The fourth-order valence-electron chi connectivity index (χ4n) is 2.03. The number of carbonyl (C=O) groups excluding carboxylic acids is 1. The molecule has 1 rings (SSSR count). The predicted molar refractivity (Wildman–Crippen MR) is 83.1 cm³/mol. The molecule has 0 spiro atoms. The van der Waals surface area contributed by atoms with Crippen molar-refractivity contribution >= 4 is 23.2 Å². The molecule has 0 atom stereocenters. The van der Waals surface area contributed by atoms with Crippen LogP contribution in [-0.2, 0) is 0 Å². The highest BCUT2D eigenvalue weighted by Crippen LogP contribution is 2.13. The molecule has 21 heavy (non-hydrogen) atoms. The van der Waals surface area contributed by atoms with Crippen LogP contribution < -0.4 is 0 Å². The molecule has 0 saturated carbocycles. The van der Waals surface area contributed by atoms with Gasteiger partial charge in [-0.05, 0) is 33.0 Å². The zero-order chi connectivity index (χ0) is 15.8. The molecule has 0 aliphatic rings. The van der Waals surface area contributed by atoms with Crippen LogP contribution in [0.25, 0.3) is 0 Å². The van der Waals surface area contributed by atoms with Crippen LogP contribution in [0.15, 0.2) is 5.38 Å². The molecule has 7 heteroatoms. The van der Waals surface area contributed by atoms with Crippen LogP contribution in [-0.4, -0.2) is 64.5 Å². The first-order valence-electron chi connectivity index (χ1n) is 7.23. The summed E-state index contributed by atoms with van der Waals surface area (Å²) in [5.41, 5.74) is -0.0671. The van der Waals surface area contributed by atoms with E-state index in [9.17, 15) is 9.59 Å². The summed E-state index contributed by atoms with van der Waals surface area (Å²) in [5, 5.41) is 10.5. The number of amides is 1. The van der Waals surface area contributed by atoms with Gasteiger partial charge in [0.15, 0.2) is 10.7 Å². The molecule has 0 aromatic carbocycles. The van der Waals surface area contributed by atoms with Gasteiger partial charge in [0.1, 0.15) is 0 Å². The summed E-state index contributed by atoms with van der Waals surface area (Å²) in [5.74, 6) is -1.29. The monoisotopic (exact) mass is 313 g/mol. The second-order valence-electron chi connectivity index (χ2n) is 4.61. The summed E-state index contributed by atoms with van der Waals surface area (Å²) in [6.45, 7) is 10.4. The van der Waals surface area contributed by atoms with Gasteiger partial charge in [-0.2, -0.15) is 0 Å². The molecule has 1 amide bonds. The summed E-state index contributed by atoms with van der Waals surface area (Å²) < 4.78 is 0. The SMILES string of the molecule is CCN(CC)CCCN(CC)C(=O)c1nc(C(=O)O)cs1. The van der Waals surface area contributed by atoms with Crippen molar-refractivity contribution in [1.29, 1.82) is 0 Å². The fourth-order valence-corrected chi connectivity index (χ4v) is 2.79. The van der Waals surface area contributed by atoms with Gasteiger partial charge in [0, 0.05) is 18.5 Å². The number of hydrogen-bond acceptors (Lipinski definition) is 5. The third-order valence-electron chi connectivity index (χ3n) is 3.37. The molecule has 0 unspecified atom stereocenters. The smallest absolute Gasteiger partial charge is 0.355 e. The predicted octanol–water partition coefficient (Wildman–Crippen LogP) is 2.04. The van der Waals surface area contributed by atoms with Crippen molar-refractivity contribution in [2.75, 3.05) is 32.7 Å². The first-order chi connectivity index (χ1) is 10.0. The Morgan fingerprint density at radius 2 is 1.86 bits per heavy atom. The first-order valence-corrected chi connectivity index (χ1v) is 8.11. The Morgan fingerprint density at radius 1 is 1.19 bits per heavy atom. The second-order valence-corrected chi connectivity index (χ2v) is 5.47. The quantitative estimate of drug-likeness (QED) is 0.755. The molecule has 118 valence electrons. The molecule has 0 saturated heterocycles. The Bertz CT molecular complexity index is 472. The number of aromatic carboxylic acids is 1. The van der Waals surface area contributed by atoms with E-state index < -0.39 is 5.97 Å². The lowest BCUT2D eigenvalue weighted by Gasteiger charge is -2.22. The largest absolute Gasteiger partial charge is 0.476 e. The van der Waals surface area contributed by atoms with E-state index >= 15 is 0 Å². The fraction of sp³-hybridized carbons (Fsp3) is 0.643. The highest BCUT2D eigenvalue weighted by atomic mass is 32.1. The number of aromatic nitrogens is 1. The zero-order valence-corrected chi connectivity index (χ0v) is 13.7. The van der Waals surface area contributed by atoms with E-state index in [2.05, 4.69) is 23.7 Å². The number of hydrogen-bond donors (Lipinski definition) is 1. The lowest BCUT2D eigenvalue weighted by atomic mass is 10.3. The molecule has 0 aliphatic carbocycles. The van der Waals surface area contributed by atoms with Gasteiger partial charge in [0.05, 0.1) is 0 Å². The van der Waals surface area contributed by atoms with E-state index in [1.54, 1.807) is 4.90 Å². The van der Waals surface area contributed by atoms with Crippen molar-refractivity contribution in [2.45, 2.75) is 27.2 Å². The molecule has 0 radical (unpaired) electrons. The van der Waals surface area contributed by atoms with Crippen LogP contribution in [0.4, 0.5) is 0 Å². The van der Waals surface area contributed by atoms with Crippen molar-refractivity contribution in [2.24, 2.45) is 0 Å². The van der Waals surface area contributed by atoms with E-state index in [4.69, 9.17) is 5.11 Å².